The first kappa shape index (κ1) is 28.6. The van der Waals surface area contributed by atoms with Gasteiger partial charge in [-0.25, -0.2) is 0 Å². The zero-order valence-electron chi connectivity index (χ0n) is 23.2. The van der Waals surface area contributed by atoms with Crippen molar-refractivity contribution in [3.63, 3.8) is 0 Å². The molecular weight excluding hydrogens is 530 g/mol. The summed E-state index contributed by atoms with van der Waals surface area (Å²) in [7, 11) is 0. The fraction of sp³-hybridized carbons (Fsp3) is 0.516. The predicted molar refractivity (Wildman–Crippen MR) is 152 cm³/mol. The van der Waals surface area contributed by atoms with Crippen molar-refractivity contribution in [2.24, 2.45) is 17.8 Å². The summed E-state index contributed by atoms with van der Waals surface area (Å²) in [5.41, 5.74) is -0.649. The minimum Gasteiger partial charge on any atom is -0.394 e. The molecule has 3 saturated heterocycles. The highest BCUT2D eigenvalue weighted by atomic mass is 35.5. The summed E-state index contributed by atoms with van der Waals surface area (Å²) in [6.07, 6.45) is 2.27. The SMILES string of the molecule is CC[C@H](C)[C@H](CO)N1C(=O)[C@@H]2[C@H](C(=O)NCc3ccccc3)[C@]3(CC)CCC2(O3)C1C(=O)Nc1ccccc1Cl. The van der Waals surface area contributed by atoms with E-state index in [0.717, 1.165) is 5.56 Å². The number of benzene rings is 2. The lowest BCUT2D eigenvalue weighted by molar-refractivity contribution is -0.150. The third kappa shape index (κ3) is 4.50. The first-order chi connectivity index (χ1) is 19.2. The van der Waals surface area contributed by atoms with E-state index in [1.807, 2.05) is 51.1 Å². The highest BCUT2D eigenvalue weighted by Crippen LogP contribution is 2.64. The average Bonchev–Trinajstić information content (AvgIpc) is 3.57. The van der Waals surface area contributed by atoms with Crippen LogP contribution in [0, 0.1) is 17.8 Å². The fourth-order valence-corrected chi connectivity index (χ4v) is 7.37. The maximum atomic E-state index is 14.4. The van der Waals surface area contributed by atoms with Crippen molar-refractivity contribution in [1.29, 1.82) is 0 Å². The molecule has 2 aromatic rings. The van der Waals surface area contributed by atoms with Crippen LogP contribution >= 0.6 is 11.6 Å². The summed E-state index contributed by atoms with van der Waals surface area (Å²) in [5, 5.41) is 16.8. The van der Waals surface area contributed by atoms with Gasteiger partial charge in [0.2, 0.25) is 17.7 Å². The van der Waals surface area contributed by atoms with Gasteiger partial charge >= 0.3 is 0 Å². The second-order valence-electron chi connectivity index (χ2n) is 11.4. The molecule has 8 nitrogen and oxygen atoms in total. The van der Waals surface area contributed by atoms with Crippen LogP contribution in [0.1, 0.15) is 52.0 Å². The Hall–Kier alpha value is -2.94. The number of aliphatic hydroxyl groups is 1. The fourth-order valence-electron chi connectivity index (χ4n) is 7.18. The minimum absolute atomic E-state index is 0.0810. The van der Waals surface area contributed by atoms with Gasteiger partial charge in [-0.15, -0.1) is 0 Å². The van der Waals surface area contributed by atoms with Crippen molar-refractivity contribution in [1.82, 2.24) is 10.2 Å². The number of ether oxygens (including phenoxy) is 1. The zero-order chi connectivity index (χ0) is 28.7. The van der Waals surface area contributed by atoms with Crippen molar-refractivity contribution < 1.29 is 24.2 Å². The number of carbonyl (C=O) groups excluding carboxylic acids is 3. The molecule has 0 saturated carbocycles. The van der Waals surface area contributed by atoms with Crippen molar-refractivity contribution in [2.75, 3.05) is 11.9 Å². The number of hydrogen-bond donors (Lipinski definition) is 3. The number of fused-ring (bicyclic) bond motifs is 1. The average molecular weight is 568 g/mol. The van der Waals surface area contributed by atoms with Crippen LogP contribution in [0.5, 0.6) is 0 Å². The Morgan fingerprint density at radius 1 is 1.10 bits per heavy atom. The normalized spacial score (nSPS) is 30.2. The lowest BCUT2D eigenvalue weighted by Crippen LogP contribution is -2.57. The summed E-state index contributed by atoms with van der Waals surface area (Å²) in [4.78, 5) is 44.0. The number of carbonyl (C=O) groups is 3. The Morgan fingerprint density at radius 3 is 2.45 bits per heavy atom. The smallest absolute Gasteiger partial charge is 0.250 e. The number of para-hydroxylation sites is 1. The van der Waals surface area contributed by atoms with Crippen molar-refractivity contribution in [2.45, 2.75) is 76.3 Å². The lowest BCUT2D eigenvalue weighted by Gasteiger charge is -2.39. The quantitative estimate of drug-likeness (QED) is 0.400. The van der Waals surface area contributed by atoms with Crippen LogP contribution in [0.15, 0.2) is 54.6 Å². The Bertz CT molecular complexity index is 1270. The number of hydrogen-bond acceptors (Lipinski definition) is 5. The van der Waals surface area contributed by atoms with Crippen molar-refractivity contribution >= 4 is 35.0 Å². The van der Waals surface area contributed by atoms with Gasteiger partial charge in [0.05, 0.1) is 40.8 Å². The Morgan fingerprint density at radius 2 is 1.80 bits per heavy atom. The zero-order valence-corrected chi connectivity index (χ0v) is 24.0. The maximum absolute atomic E-state index is 14.4. The number of likely N-dealkylation sites (tertiary alicyclic amines) is 1. The molecule has 3 fully saturated rings. The van der Waals surface area contributed by atoms with E-state index in [-0.39, 0.29) is 24.3 Å². The number of aliphatic hydroxyl groups excluding tert-OH is 1. The van der Waals surface area contributed by atoms with E-state index in [4.69, 9.17) is 16.3 Å². The van der Waals surface area contributed by atoms with Gasteiger partial charge in [-0.2, -0.15) is 0 Å². The van der Waals surface area contributed by atoms with E-state index < -0.39 is 41.0 Å². The van der Waals surface area contributed by atoms with E-state index in [2.05, 4.69) is 10.6 Å². The highest BCUT2D eigenvalue weighted by Gasteiger charge is 2.79. The molecule has 7 atom stereocenters. The van der Waals surface area contributed by atoms with Crippen molar-refractivity contribution in [3.05, 3.63) is 65.2 Å². The third-order valence-electron chi connectivity index (χ3n) is 9.44. The van der Waals surface area contributed by atoms with Gasteiger partial charge in [0, 0.05) is 6.54 Å². The molecule has 2 aromatic carbocycles. The van der Waals surface area contributed by atoms with E-state index in [1.54, 1.807) is 24.3 Å². The topological polar surface area (TPSA) is 108 Å². The van der Waals surface area contributed by atoms with E-state index in [1.165, 1.54) is 4.90 Å². The summed E-state index contributed by atoms with van der Waals surface area (Å²) >= 11 is 6.37. The van der Waals surface area contributed by atoms with Crippen molar-refractivity contribution in [3.8, 4) is 0 Å². The molecule has 214 valence electrons. The molecule has 9 heteroatoms. The van der Waals surface area contributed by atoms with Gasteiger partial charge in [-0.05, 0) is 42.9 Å². The predicted octanol–water partition coefficient (Wildman–Crippen LogP) is 4.16. The number of anilines is 1. The van der Waals surface area contributed by atoms with E-state index in [9.17, 15) is 19.5 Å². The molecule has 2 unspecified atom stereocenters. The molecule has 3 N–H and O–H groups in total. The maximum Gasteiger partial charge on any atom is 0.250 e. The monoisotopic (exact) mass is 567 g/mol. The summed E-state index contributed by atoms with van der Waals surface area (Å²) < 4.78 is 6.82. The molecule has 0 radical (unpaired) electrons. The van der Waals surface area contributed by atoms with Gasteiger partial charge in [0.25, 0.3) is 0 Å². The molecule has 2 bridgehead atoms. The largest absolute Gasteiger partial charge is 0.394 e. The first-order valence-corrected chi connectivity index (χ1v) is 14.6. The Balaban J connectivity index is 1.54. The second kappa shape index (κ2) is 11.1. The van der Waals surface area contributed by atoms with Crippen LogP contribution in [0.25, 0.3) is 0 Å². The number of halogens is 1. The summed E-state index contributed by atoms with van der Waals surface area (Å²) in [5.74, 6) is -2.66. The highest BCUT2D eigenvalue weighted by molar-refractivity contribution is 6.33. The lowest BCUT2D eigenvalue weighted by atomic mass is 9.65. The molecule has 40 heavy (non-hydrogen) atoms. The molecule has 3 aliphatic heterocycles. The number of rotatable bonds is 10. The number of nitrogens with zero attached hydrogens (tertiary/aromatic N) is 1. The minimum atomic E-state index is -1.19. The summed E-state index contributed by atoms with van der Waals surface area (Å²) in [6, 6.07) is 14.9. The molecule has 0 aromatic heterocycles. The van der Waals surface area contributed by atoms with Crippen LogP contribution in [-0.4, -0.2) is 57.6 Å². The Labute approximate surface area is 240 Å². The van der Waals surface area contributed by atoms with E-state index in [0.29, 0.717) is 42.9 Å². The molecule has 3 amide bonds. The molecular formula is C31H38ClN3O5. The second-order valence-corrected chi connectivity index (χ2v) is 11.8. The first-order valence-electron chi connectivity index (χ1n) is 14.2. The van der Waals surface area contributed by atoms with Gasteiger partial charge in [0.15, 0.2) is 0 Å². The van der Waals surface area contributed by atoms with Crippen LogP contribution in [-0.2, 0) is 25.7 Å². The van der Waals surface area contributed by atoms with Gasteiger partial charge in [0.1, 0.15) is 11.6 Å². The molecule has 1 spiro atoms. The third-order valence-corrected chi connectivity index (χ3v) is 9.77. The van der Waals surface area contributed by atoms with Crippen LogP contribution in [0.3, 0.4) is 0 Å². The van der Waals surface area contributed by atoms with Crippen LogP contribution < -0.4 is 10.6 Å². The van der Waals surface area contributed by atoms with Gasteiger partial charge in [-0.1, -0.05) is 81.3 Å². The molecule has 5 rings (SSSR count). The number of nitrogens with one attached hydrogen (secondary N) is 2. The number of amides is 3. The van der Waals surface area contributed by atoms with E-state index >= 15 is 0 Å². The Kier molecular flexibility index (Phi) is 7.97. The van der Waals surface area contributed by atoms with Crippen LogP contribution in [0.2, 0.25) is 5.02 Å². The molecule has 0 aliphatic carbocycles. The summed E-state index contributed by atoms with van der Waals surface area (Å²) in [6.45, 7) is 5.94. The standard InChI is InChI=1S/C31H38ClN3O5/c1-4-19(3)23(18-36)35-26(28(38)34-22-14-10-9-13-21(22)32)31-16-15-30(5-2,40-31)24(25(31)29(35)39)27(37)33-17-20-11-7-6-8-12-20/h6-14,19,23-26,36H,4-5,15-18H2,1-3H3,(H,33,37)(H,34,38)/t19-,23-,24+,25-,26?,30-,31?/m0/s1. The van der Waals surface area contributed by atoms with Crippen LogP contribution in [0.4, 0.5) is 5.69 Å². The van der Waals surface area contributed by atoms with Gasteiger partial charge in [-0.3, -0.25) is 14.4 Å². The van der Waals surface area contributed by atoms with Gasteiger partial charge < -0.3 is 25.4 Å². The molecule has 3 heterocycles. The molecule has 3 aliphatic rings.